The molecule has 0 atom stereocenters. The van der Waals surface area contributed by atoms with Crippen molar-refractivity contribution in [3.63, 3.8) is 0 Å². The quantitative estimate of drug-likeness (QED) is 0.469. The number of hydrogen-bond donors (Lipinski definition) is 2. The minimum atomic E-state index is -0.0919. The monoisotopic (exact) mass is 356 g/mol. The summed E-state index contributed by atoms with van der Waals surface area (Å²) >= 11 is 5.21. The summed E-state index contributed by atoms with van der Waals surface area (Å²) < 4.78 is 4.53. The maximum absolute atomic E-state index is 12.1. The lowest BCUT2D eigenvalue weighted by molar-refractivity contribution is -0.870. The first-order chi connectivity index (χ1) is 11.2. The molecule has 136 valence electrons. The molecule has 24 heavy (non-hydrogen) atoms. The molecule has 0 aromatic carbocycles. The minimum Gasteiger partial charge on any atom is -0.391 e. The highest BCUT2D eigenvalue weighted by atomic mass is 32.1. The standard InChI is InChI=1S/C11H16N4OS.C5H14NO/c1-3-4-5-6-15-9-8(12-7-13-9)10(17)14(2)11(15)16;1-6(2,3)4-5-7/h7H,3-6H2,1-2H3,(H,12,13);7H,4-5H2,1-3H3/q;+1. The van der Waals surface area contributed by atoms with Gasteiger partial charge in [0.1, 0.15) is 16.7 Å². The first-order valence-corrected chi connectivity index (χ1v) is 8.68. The molecule has 0 unspecified atom stereocenters. The summed E-state index contributed by atoms with van der Waals surface area (Å²) in [5.74, 6) is 0. The maximum Gasteiger partial charge on any atom is 0.330 e. The average molecular weight is 357 g/mol. The highest BCUT2D eigenvalue weighted by molar-refractivity contribution is 7.71. The van der Waals surface area contributed by atoms with E-state index in [2.05, 4.69) is 38.0 Å². The van der Waals surface area contributed by atoms with Crippen LogP contribution in [0, 0.1) is 4.64 Å². The van der Waals surface area contributed by atoms with Gasteiger partial charge in [-0.1, -0.05) is 32.0 Å². The van der Waals surface area contributed by atoms with Gasteiger partial charge in [0.25, 0.3) is 0 Å². The number of aromatic nitrogens is 4. The Kier molecular flexibility index (Phi) is 7.78. The molecular formula is C16H30N5O2S+. The van der Waals surface area contributed by atoms with Crippen LogP contribution in [-0.4, -0.2) is 63.0 Å². The van der Waals surface area contributed by atoms with E-state index in [1.54, 1.807) is 17.9 Å². The van der Waals surface area contributed by atoms with Crippen molar-refractivity contribution >= 4 is 23.4 Å². The number of rotatable bonds is 6. The van der Waals surface area contributed by atoms with Gasteiger partial charge in [-0.3, -0.25) is 9.13 Å². The molecule has 0 bridgehead atoms. The molecule has 0 aliphatic carbocycles. The van der Waals surface area contributed by atoms with Gasteiger partial charge in [-0.25, -0.2) is 9.78 Å². The molecule has 0 aliphatic rings. The fourth-order valence-corrected chi connectivity index (χ4v) is 2.43. The van der Waals surface area contributed by atoms with E-state index in [-0.39, 0.29) is 12.3 Å². The van der Waals surface area contributed by atoms with E-state index in [1.165, 1.54) is 4.57 Å². The first kappa shape index (κ1) is 20.5. The van der Waals surface area contributed by atoms with E-state index in [9.17, 15) is 4.79 Å². The molecule has 2 N–H and O–H groups in total. The number of quaternary nitrogens is 1. The lowest BCUT2D eigenvalue weighted by atomic mass is 10.2. The summed E-state index contributed by atoms with van der Waals surface area (Å²) in [5, 5.41) is 8.39. The van der Waals surface area contributed by atoms with Crippen molar-refractivity contribution < 1.29 is 9.59 Å². The molecule has 0 aliphatic heterocycles. The van der Waals surface area contributed by atoms with Gasteiger partial charge < -0.3 is 14.6 Å². The first-order valence-electron chi connectivity index (χ1n) is 8.27. The molecule has 0 radical (unpaired) electrons. The van der Waals surface area contributed by atoms with Crippen LogP contribution >= 0.6 is 12.2 Å². The topological polar surface area (TPSA) is 75.8 Å². The number of aryl methyl sites for hydroxylation is 1. The number of likely N-dealkylation sites (N-methyl/N-ethyl adjacent to an activating group) is 1. The van der Waals surface area contributed by atoms with E-state index >= 15 is 0 Å². The highest BCUT2D eigenvalue weighted by Gasteiger charge is 2.10. The zero-order chi connectivity index (χ0) is 18.3. The van der Waals surface area contributed by atoms with E-state index in [1.807, 2.05) is 0 Å². The summed E-state index contributed by atoms with van der Waals surface area (Å²) in [4.78, 5) is 19.3. The van der Waals surface area contributed by atoms with E-state index in [0.717, 1.165) is 35.8 Å². The molecule has 2 aromatic heterocycles. The highest BCUT2D eigenvalue weighted by Crippen LogP contribution is 2.09. The van der Waals surface area contributed by atoms with Crippen LogP contribution < -0.4 is 5.69 Å². The molecule has 2 aromatic rings. The molecule has 0 saturated heterocycles. The molecule has 2 heterocycles. The maximum atomic E-state index is 12.1. The SMILES string of the molecule is CCCCCn1c(=O)n(C)c(=S)c2[nH]cnc21.C[N+](C)(C)CCO. The van der Waals surface area contributed by atoms with Crippen molar-refractivity contribution in [3.05, 3.63) is 21.5 Å². The van der Waals surface area contributed by atoms with E-state index in [4.69, 9.17) is 17.3 Å². The van der Waals surface area contributed by atoms with Crippen molar-refractivity contribution in [2.75, 3.05) is 34.3 Å². The van der Waals surface area contributed by atoms with Crippen molar-refractivity contribution in [2.24, 2.45) is 7.05 Å². The van der Waals surface area contributed by atoms with Crippen LogP contribution in [-0.2, 0) is 13.6 Å². The third-order valence-electron chi connectivity index (χ3n) is 3.67. The molecule has 8 heteroatoms. The Balaban J connectivity index is 0.000000351. The number of hydrogen-bond acceptors (Lipinski definition) is 4. The number of nitrogens with zero attached hydrogens (tertiary/aromatic N) is 4. The van der Waals surface area contributed by atoms with Crippen LogP contribution in [0.2, 0.25) is 0 Å². The Morgan fingerprint density at radius 1 is 1.33 bits per heavy atom. The van der Waals surface area contributed by atoms with Gasteiger partial charge in [-0.2, -0.15) is 0 Å². The third kappa shape index (κ3) is 5.54. The van der Waals surface area contributed by atoms with Crippen molar-refractivity contribution in [1.82, 2.24) is 19.1 Å². The third-order valence-corrected chi connectivity index (χ3v) is 4.15. The molecule has 7 nitrogen and oxygen atoms in total. The Hall–Kier alpha value is -1.51. The number of aliphatic hydroxyl groups is 1. The normalized spacial score (nSPS) is 11.4. The summed E-state index contributed by atoms with van der Waals surface area (Å²) in [6, 6.07) is 0. The number of unbranched alkanes of at least 4 members (excludes halogenated alkanes) is 2. The van der Waals surface area contributed by atoms with Crippen LogP contribution in [0.3, 0.4) is 0 Å². The van der Waals surface area contributed by atoms with Gasteiger partial charge in [-0.05, 0) is 6.42 Å². The van der Waals surface area contributed by atoms with E-state index < -0.39 is 0 Å². The number of aromatic amines is 1. The lowest BCUT2D eigenvalue weighted by Gasteiger charge is -2.21. The molecule has 0 fully saturated rings. The second-order valence-electron chi connectivity index (χ2n) is 6.84. The van der Waals surface area contributed by atoms with Gasteiger partial charge in [0, 0.05) is 13.6 Å². The smallest absolute Gasteiger partial charge is 0.330 e. The van der Waals surface area contributed by atoms with Gasteiger partial charge in [0.15, 0.2) is 5.65 Å². The Bertz CT molecular complexity index is 754. The van der Waals surface area contributed by atoms with Crippen molar-refractivity contribution in [2.45, 2.75) is 32.7 Å². The summed E-state index contributed by atoms with van der Waals surface area (Å²) in [5.41, 5.74) is 1.33. The number of fused-ring (bicyclic) bond motifs is 1. The van der Waals surface area contributed by atoms with E-state index in [0.29, 0.717) is 16.8 Å². The largest absolute Gasteiger partial charge is 0.391 e. The summed E-state index contributed by atoms with van der Waals surface area (Å²) in [6.45, 7) is 3.94. The van der Waals surface area contributed by atoms with Crippen LogP contribution in [0.4, 0.5) is 0 Å². The van der Waals surface area contributed by atoms with Crippen LogP contribution in [0.5, 0.6) is 0 Å². The van der Waals surface area contributed by atoms with Gasteiger partial charge in [-0.15, -0.1) is 0 Å². The van der Waals surface area contributed by atoms with Crippen molar-refractivity contribution in [1.29, 1.82) is 0 Å². The zero-order valence-corrected chi connectivity index (χ0v) is 16.2. The van der Waals surface area contributed by atoms with Crippen LogP contribution in [0.25, 0.3) is 11.2 Å². The predicted molar refractivity (Wildman–Crippen MR) is 99.7 cm³/mol. The number of imidazole rings is 1. The number of nitrogens with one attached hydrogen (secondary N) is 1. The van der Waals surface area contributed by atoms with Gasteiger partial charge >= 0.3 is 5.69 Å². The Morgan fingerprint density at radius 2 is 2.00 bits per heavy atom. The zero-order valence-electron chi connectivity index (χ0n) is 15.4. The number of H-pyrrole nitrogens is 1. The second-order valence-corrected chi connectivity index (χ2v) is 7.23. The summed E-state index contributed by atoms with van der Waals surface area (Å²) in [7, 11) is 7.85. The predicted octanol–water partition coefficient (Wildman–Crippen LogP) is 1.67. The van der Waals surface area contributed by atoms with Gasteiger partial charge in [0.05, 0.1) is 34.1 Å². The minimum absolute atomic E-state index is 0.0919. The van der Waals surface area contributed by atoms with Crippen LogP contribution in [0.1, 0.15) is 26.2 Å². The van der Waals surface area contributed by atoms with Crippen molar-refractivity contribution in [3.8, 4) is 0 Å². The molecule has 0 spiro atoms. The molecule has 0 amide bonds. The fraction of sp³-hybridized carbons (Fsp3) is 0.688. The lowest BCUT2D eigenvalue weighted by Crippen LogP contribution is -2.36. The number of aliphatic hydroxyl groups excluding tert-OH is 1. The fourth-order valence-electron chi connectivity index (χ4n) is 2.20. The van der Waals surface area contributed by atoms with Gasteiger partial charge in [0.2, 0.25) is 0 Å². The summed E-state index contributed by atoms with van der Waals surface area (Å²) in [6.07, 6.45) is 4.80. The Morgan fingerprint density at radius 3 is 2.50 bits per heavy atom. The Labute approximate surface area is 148 Å². The molecular weight excluding hydrogens is 326 g/mol. The molecule has 0 saturated carbocycles. The second kappa shape index (κ2) is 9.10. The van der Waals surface area contributed by atoms with Crippen LogP contribution in [0.15, 0.2) is 11.1 Å². The average Bonchev–Trinajstić information content (AvgIpc) is 2.97. The molecule has 2 rings (SSSR count).